The highest BCUT2D eigenvalue weighted by atomic mass is 32.1. The van der Waals surface area contributed by atoms with E-state index in [1.807, 2.05) is 0 Å². The molecule has 0 amide bonds. The first-order valence-corrected chi connectivity index (χ1v) is 3.15. The standard InChI is InChI=1S/C6H3F2S/c7-6(8)4-5-2-1-3-9-5/h1,3-4H. The van der Waals surface area contributed by atoms with Gasteiger partial charge in [0.2, 0.25) is 0 Å². The van der Waals surface area contributed by atoms with Gasteiger partial charge in [-0.15, -0.1) is 11.3 Å². The van der Waals surface area contributed by atoms with Crippen LogP contribution in [0.5, 0.6) is 0 Å². The number of hydrogen-bond donors (Lipinski definition) is 0. The molecule has 9 heavy (non-hydrogen) atoms. The number of thiophene rings is 1. The molecule has 0 aromatic carbocycles. The highest BCUT2D eigenvalue weighted by molar-refractivity contribution is 7.10. The molecule has 0 unspecified atom stereocenters. The van der Waals surface area contributed by atoms with Gasteiger partial charge in [0.05, 0.1) is 0 Å². The second-order valence-corrected chi connectivity index (χ2v) is 2.31. The lowest BCUT2D eigenvalue weighted by Gasteiger charge is -1.76. The lowest BCUT2D eigenvalue weighted by atomic mass is 10.5. The SMILES string of the molecule is FC(F)=Cc1[c]ccs1. The van der Waals surface area contributed by atoms with Crippen LogP contribution in [0.2, 0.25) is 0 Å². The molecule has 3 heteroatoms. The van der Waals surface area contributed by atoms with Crippen molar-refractivity contribution in [3.8, 4) is 0 Å². The van der Waals surface area contributed by atoms with E-state index in [-0.39, 0.29) is 0 Å². The van der Waals surface area contributed by atoms with Crippen molar-refractivity contribution in [3.05, 3.63) is 28.5 Å². The summed E-state index contributed by atoms with van der Waals surface area (Å²) >= 11 is 1.24. The van der Waals surface area contributed by atoms with Gasteiger partial charge in [-0.25, -0.2) is 0 Å². The largest absolute Gasteiger partial charge is 0.271 e. The van der Waals surface area contributed by atoms with Crippen LogP contribution < -0.4 is 0 Å². The predicted molar refractivity (Wildman–Crippen MR) is 33.3 cm³/mol. The molecule has 0 aliphatic rings. The smallest absolute Gasteiger partial charge is 0.173 e. The molecule has 1 aromatic heterocycles. The van der Waals surface area contributed by atoms with Crippen LogP contribution in [0.15, 0.2) is 17.5 Å². The first-order valence-electron chi connectivity index (χ1n) is 2.27. The zero-order valence-corrected chi connectivity index (χ0v) is 5.21. The van der Waals surface area contributed by atoms with Crippen molar-refractivity contribution in [1.82, 2.24) is 0 Å². The van der Waals surface area contributed by atoms with Crippen LogP contribution in [0.3, 0.4) is 0 Å². The average Bonchev–Trinajstić information content (AvgIpc) is 2.15. The van der Waals surface area contributed by atoms with Gasteiger partial charge >= 0.3 is 0 Å². The van der Waals surface area contributed by atoms with Gasteiger partial charge in [-0.3, -0.25) is 0 Å². The van der Waals surface area contributed by atoms with Gasteiger partial charge in [-0.05, 0) is 11.4 Å². The number of hydrogen-bond acceptors (Lipinski definition) is 1. The number of rotatable bonds is 1. The van der Waals surface area contributed by atoms with Crippen LogP contribution in [0.25, 0.3) is 6.08 Å². The predicted octanol–water partition coefficient (Wildman–Crippen LogP) is 2.79. The van der Waals surface area contributed by atoms with E-state index in [9.17, 15) is 8.78 Å². The quantitative estimate of drug-likeness (QED) is 0.570. The van der Waals surface area contributed by atoms with Crippen LogP contribution in [0, 0.1) is 6.07 Å². The average molecular weight is 145 g/mol. The Balaban J connectivity index is 2.80. The Morgan fingerprint density at radius 3 is 2.89 bits per heavy atom. The monoisotopic (exact) mass is 145 g/mol. The fourth-order valence-corrected chi connectivity index (χ4v) is 1.01. The van der Waals surface area contributed by atoms with Crippen LogP contribution in [-0.2, 0) is 0 Å². The molecular weight excluding hydrogens is 142 g/mol. The van der Waals surface area contributed by atoms with Gasteiger partial charge in [0, 0.05) is 17.0 Å². The van der Waals surface area contributed by atoms with E-state index < -0.39 is 6.08 Å². The maximum absolute atomic E-state index is 11.4. The first kappa shape index (κ1) is 6.42. The van der Waals surface area contributed by atoms with E-state index in [2.05, 4.69) is 6.07 Å². The molecule has 1 aromatic rings. The molecule has 0 aliphatic carbocycles. The lowest BCUT2D eigenvalue weighted by Crippen LogP contribution is -1.57. The molecule has 0 fully saturated rings. The van der Waals surface area contributed by atoms with Crippen LogP contribution >= 0.6 is 11.3 Å². The van der Waals surface area contributed by atoms with Crippen molar-refractivity contribution < 1.29 is 8.78 Å². The normalized spacial score (nSPS) is 9.11. The van der Waals surface area contributed by atoms with Gasteiger partial charge in [0.15, 0.2) is 0 Å². The zero-order chi connectivity index (χ0) is 6.69. The van der Waals surface area contributed by atoms with E-state index in [1.54, 1.807) is 11.4 Å². The third-order valence-corrected chi connectivity index (χ3v) is 1.49. The maximum Gasteiger partial charge on any atom is 0.271 e. The van der Waals surface area contributed by atoms with Crippen molar-refractivity contribution in [2.24, 2.45) is 0 Å². The maximum atomic E-state index is 11.4. The molecule has 0 N–H and O–H groups in total. The molecular formula is C6H3F2S. The highest BCUT2D eigenvalue weighted by Gasteiger charge is 1.91. The molecule has 1 rings (SSSR count). The summed E-state index contributed by atoms with van der Waals surface area (Å²) in [5.74, 6) is 0. The van der Waals surface area contributed by atoms with Crippen molar-refractivity contribution in [2.75, 3.05) is 0 Å². The second kappa shape index (κ2) is 2.73. The lowest BCUT2D eigenvalue weighted by molar-refractivity contribution is 0.429. The Hall–Kier alpha value is -0.700. The minimum absolute atomic E-state index is 0.468. The van der Waals surface area contributed by atoms with Gasteiger partial charge < -0.3 is 0 Å². The Bertz CT molecular complexity index is 197. The van der Waals surface area contributed by atoms with E-state index in [1.165, 1.54) is 11.3 Å². The zero-order valence-electron chi connectivity index (χ0n) is 4.40. The summed E-state index contributed by atoms with van der Waals surface area (Å²) in [7, 11) is 0. The summed E-state index contributed by atoms with van der Waals surface area (Å²) in [5.41, 5.74) is 0. The van der Waals surface area contributed by atoms with E-state index in [0.29, 0.717) is 4.88 Å². The van der Waals surface area contributed by atoms with Crippen LogP contribution in [0.4, 0.5) is 8.78 Å². The minimum atomic E-state index is -1.67. The third kappa shape index (κ3) is 1.93. The Morgan fingerprint density at radius 1 is 1.67 bits per heavy atom. The molecule has 0 spiro atoms. The summed E-state index contributed by atoms with van der Waals surface area (Å²) in [5, 5.41) is 1.70. The van der Waals surface area contributed by atoms with Gasteiger partial charge in [0.1, 0.15) is 0 Å². The fraction of sp³-hybridized carbons (Fsp3) is 0. The van der Waals surface area contributed by atoms with E-state index in [4.69, 9.17) is 0 Å². The highest BCUT2D eigenvalue weighted by Crippen LogP contribution is 2.13. The molecule has 0 saturated carbocycles. The van der Waals surface area contributed by atoms with Crippen LogP contribution in [0.1, 0.15) is 4.88 Å². The summed E-state index contributed by atoms with van der Waals surface area (Å²) in [6, 6.07) is 4.24. The van der Waals surface area contributed by atoms with E-state index >= 15 is 0 Å². The van der Waals surface area contributed by atoms with Crippen molar-refractivity contribution >= 4 is 17.4 Å². The molecule has 47 valence electrons. The first-order chi connectivity index (χ1) is 4.29. The van der Waals surface area contributed by atoms with Crippen molar-refractivity contribution in [2.45, 2.75) is 0 Å². The van der Waals surface area contributed by atoms with Crippen molar-refractivity contribution in [1.29, 1.82) is 0 Å². The van der Waals surface area contributed by atoms with Crippen LogP contribution in [-0.4, -0.2) is 0 Å². The summed E-state index contributed by atoms with van der Waals surface area (Å²) in [4.78, 5) is 0.468. The topological polar surface area (TPSA) is 0 Å². The Kier molecular flexibility index (Phi) is 1.95. The molecule has 0 saturated heterocycles. The van der Waals surface area contributed by atoms with Gasteiger partial charge in [-0.2, -0.15) is 8.78 Å². The van der Waals surface area contributed by atoms with Gasteiger partial charge in [0.25, 0.3) is 6.08 Å². The molecule has 0 bridgehead atoms. The fourth-order valence-electron chi connectivity index (χ4n) is 0.432. The molecule has 0 aliphatic heterocycles. The number of halogens is 2. The van der Waals surface area contributed by atoms with Gasteiger partial charge in [-0.1, -0.05) is 0 Å². The van der Waals surface area contributed by atoms with Crippen molar-refractivity contribution in [3.63, 3.8) is 0 Å². The molecule has 0 atom stereocenters. The molecule has 1 heterocycles. The van der Waals surface area contributed by atoms with E-state index in [0.717, 1.165) is 6.08 Å². The minimum Gasteiger partial charge on any atom is -0.173 e. The summed E-state index contributed by atoms with van der Waals surface area (Å²) in [6.07, 6.45) is -0.876. The molecule has 0 nitrogen and oxygen atoms in total. The molecule has 1 radical (unpaired) electrons. The second-order valence-electron chi connectivity index (χ2n) is 1.36. The summed E-state index contributed by atoms with van der Waals surface area (Å²) < 4.78 is 22.9. The summed E-state index contributed by atoms with van der Waals surface area (Å²) in [6.45, 7) is 0. The Morgan fingerprint density at radius 2 is 2.44 bits per heavy atom. The Labute approximate surface area is 55.4 Å². The third-order valence-electron chi connectivity index (χ3n) is 0.729.